The number of likely N-dealkylation sites (N-methyl/N-ethyl adjacent to an activating group) is 1. The molecule has 2 aliphatic rings. The number of carbonyl (C=O) groups is 2. The molecule has 0 spiro atoms. The van der Waals surface area contributed by atoms with E-state index in [9.17, 15) is 9.59 Å². The monoisotopic (exact) mass is 438 g/mol. The Morgan fingerprint density at radius 2 is 1.88 bits per heavy atom. The van der Waals surface area contributed by atoms with Crippen LogP contribution in [0, 0.1) is 0 Å². The number of nitrogens with zero attached hydrogens (tertiary/aromatic N) is 2. The highest BCUT2D eigenvalue weighted by molar-refractivity contribution is 5.94. The molecule has 1 fully saturated rings. The number of piperazine rings is 1. The van der Waals surface area contributed by atoms with Gasteiger partial charge in [0.25, 0.3) is 5.91 Å². The molecule has 1 unspecified atom stereocenters. The maximum atomic E-state index is 12.7. The summed E-state index contributed by atoms with van der Waals surface area (Å²) in [6.07, 6.45) is 0.840. The van der Waals surface area contributed by atoms with Gasteiger partial charge in [-0.15, -0.1) is 0 Å². The van der Waals surface area contributed by atoms with Crippen LogP contribution < -0.4 is 20.1 Å². The Hall–Kier alpha value is -3.10. The Morgan fingerprint density at radius 1 is 1.06 bits per heavy atom. The zero-order chi connectivity index (χ0) is 22.5. The van der Waals surface area contributed by atoms with E-state index < -0.39 is 0 Å². The number of benzene rings is 2. The van der Waals surface area contributed by atoms with E-state index in [1.807, 2.05) is 42.5 Å². The first kappa shape index (κ1) is 22.1. The van der Waals surface area contributed by atoms with E-state index in [0.29, 0.717) is 49.1 Å². The van der Waals surface area contributed by atoms with Crippen molar-refractivity contribution in [3.8, 4) is 11.5 Å². The van der Waals surface area contributed by atoms with Gasteiger partial charge in [-0.2, -0.15) is 0 Å². The minimum atomic E-state index is -0.100. The fraction of sp³-hybridized carbons (Fsp3) is 0.417. The molecule has 2 heterocycles. The molecule has 1 saturated heterocycles. The average molecular weight is 439 g/mol. The van der Waals surface area contributed by atoms with Gasteiger partial charge in [0, 0.05) is 56.5 Å². The minimum Gasteiger partial charge on any atom is -0.490 e. The molecule has 8 nitrogen and oxygen atoms in total. The van der Waals surface area contributed by atoms with Crippen LogP contribution in [0.5, 0.6) is 11.5 Å². The number of fused-ring (bicyclic) bond motifs is 1. The summed E-state index contributed by atoms with van der Waals surface area (Å²) < 4.78 is 11.4. The van der Waals surface area contributed by atoms with Gasteiger partial charge in [0.05, 0.1) is 19.8 Å². The lowest BCUT2D eigenvalue weighted by atomic mass is 10.00. The van der Waals surface area contributed by atoms with Crippen molar-refractivity contribution in [2.75, 3.05) is 58.8 Å². The second kappa shape index (κ2) is 10.0. The topological polar surface area (TPSA) is 83.1 Å². The molecule has 0 aromatic heterocycles. The van der Waals surface area contributed by atoms with Crippen LogP contribution in [0.25, 0.3) is 0 Å². The number of nitrogens with one attached hydrogen (secondary N) is 2. The summed E-state index contributed by atoms with van der Waals surface area (Å²) in [6.45, 7) is 3.89. The van der Waals surface area contributed by atoms with Crippen molar-refractivity contribution in [1.29, 1.82) is 0 Å². The van der Waals surface area contributed by atoms with Gasteiger partial charge in [0.2, 0.25) is 5.91 Å². The average Bonchev–Trinajstić information content (AvgIpc) is 3.05. The van der Waals surface area contributed by atoms with Crippen molar-refractivity contribution in [2.45, 2.75) is 12.5 Å². The molecule has 4 rings (SSSR count). The number of carbonyl (C=O) groups excluding carboxylic acids is 2. The lowest BCUT2D eigenvalue weighted by Gasteiger charge is -2.39. The molecule has 2 amide bonds. The van der Waals surface area contributed by atoms with Crippen molar-refractivity contribution < 1.29 is 19.1 Å². The molecule has 2 N–H and O–H groups in total. The number of anilines is 1. The molecule has 0 saturated carbocycles. The van der Waals surface area contributed by atoms with Crippen LogP contribution in [0.4, 0.5) is 5.69 Å². The number of rotatable bonds is 5. The molecule has 0 bridgehead atoms. The van der Waals surface area contributed by atoms with Crippen LogP contribution in [0.1, 0.15) is 28.4 Å². The Labute approximate surface area is 188 Å². The molecule has 170 valence electrons. The van der Waals surface area contributed by atoms with Gasteiger partial charge in [0.1, 0.15) is 0 Å². The van der Waals surface area contributed by atoms with E-state index in [4.69, 9.17) is 9.47 Å². The maximum absolute atomic E-state index is 12.7. The third-order valence-electron chi connectivity index (χ3n) is 5.89. The lowest BCUT2D eigenvalue weighted by Crippen LogP contribution is -2.48. The van der Waals surface area contributed by atoms with Crippen LogP contribution in [-0.2, 0) is 4.79 Å². The lowest BCUT2D eigenvalue weighted by molar-refractivity contribution is -0.118. The molecule has 0 radical (unpaired) electrons. The normalized spacial score (nSPS) is 19.1. The second-order valence-corrected chi connectivity index (χ2v) is 8.20. The predicted octanol–water partition coefficient (Wildman–Crippen LogP) is 2.13. The molecule has 32 heavy (non-hydrogen) atoms. The molecular formula is C24H30N4O4. The molecule has 8 heteroatoms. The summed E-state index contributed by atoms with van der Waals surface area (Å²) in [6, 6.07) is 13.3. The van der Waals surface area contributed by atoms with Gasteiger partial charge in [0.15, 0.2) is 11.5 Å². The first-order valence-electron chi connectivity index (χ1n) is 11.0. The molecule has 0 aliphatic carbocycles. The van der Waals surface area contributed by atoms with Crippen LogP contribution >= 0.6 is 0 Å². The first-order chi connectivity index (χ1) is 15.5. The Morgan fingerprint density at radius 3 is 2.69 bits per heavy atom. The molecule has 2 aromatic rings. The minimum absolute atomic E-state index is 0.0677. The van der Waals surface area contributed by atoms with Crippen molar-refractivity contribution >= 4 is 17.5 Å². The highest BCUT2D eigenvalue weighted by Crippen LogP contribution is 2.32. The number of hydrogen-bond donors (Lipinski definition) is 2. The summed E-state index contributed by atoms with van der Waals surface area (Å²) in [5.41, 5.74) is 2.41. The number of hydrogen-bond acceptors (Lipinski definition) is 6. The molecule has 1 atom stereocenters. The van der Waals surface area contributed by atoms with Crippen LogP contribution in [0.15, 0.2) is 42.5 Å². The maximum Gasteiger partial charge on any atom is 0.251 e. The van der Waals surface area contributed by atoms with Crippen LogP contribution in [0.3, 0.4) is 0 Å². The Kier molecular flexibility index (Phi) is 6.92. The van der Waals surface area contributed by atoms with E-state index in [1.54, 1.807) is 7.05 Å². The smallest absolute Gasteiger partial charge is 0.251 e. The van der Waals surface area contributed by atoms with E-state index in [0.717, 1.165) is 25.1 Å². The van der Waals surface area contributed by atoms with Gasteiger partial charge in [-0.25, -0.2) is 0 Å². The SMILES string of the molecule is CNC(=O)c1cccc(C2CN(CC(=O)Nc3ccc4c(c3)OCCCO4)CCN2C)c1. The third-order valence-corrected chi connectivity index (χ3v) is 5.89. The summed E-state index contributed by atoms with van der Waals surface area (Å²) in [4.78, 5) is 29.2. The highest BCUT2D eigenvalue weighted by atomic mass is 16.5. The van der Waals surface area contributed by atoms with E-state index in [2.05, 4.69) is 27.5 Å². The quantitative estimate of drug-likeness (QED) is 0.744. The van der Waals surface area contributed by atoms with Crippen molar-refractivity contribution in [3.05, 3.63) is 53.6 Å². The fourth-order valence-corrected chi connectivity index (χ4v) is 4.11. The molecule has 2 aliphatic heterocycles. The van der Waals surface area contributed by atoms with Gasteiger partial charge in [-0.05, 0) is 36.9 Å². The Balaban J connectivity index is 1.39. The standard InChI is InChI=1S/C24H30N4O4/c1-25-24(30)18-6-3-5-17(13-18)20-15-28(10-9-27(20)2)16-23(29)26-19-7-8-21-22(14-19)32-12-4-11-31-21/h3,5-8,13-14,20H,4,9-12,15-16H2,1-2H3,(H,25,30)(H,26,29). The molecular weight excluding hydrogens is 408 g/mol. The number of ether oxygens (including phenoxy) is 2. The van der Waals surface area contributed by atoms with Crippen molar-refractivity contribution in [1.82, 2.24) is 15.1 Å². The van der Waals surface area contributed by atoms with E-state index >= 15 is 0 Å². The summed E-state index contributed by atoms with van der Waals surface area (Å²) in [5, 5.41) is 5.64. The van der Waals surface area contributed by atoms with Crippen molar-refractivity contribution in [2.24, 2.45) is 0 Å². The van der Waals surface area contributed by atoms with Crippen molar-refractivity contribution in [3.63, 3.8) is 0 Å². The van der Waals surface area contributed by atoms with Crippen LogP contribution in [-0.4, -0.2) is 75.1 Å². The second-order valence-electron chi connectivity index (χ2n) is 8.20. The summed E-state index contributed by atoms with van der Waals surface area (Å²) in [5.74, 6) is 1.20. The van der Waals surface area contributed by atoms with Gasteiger partial charge in [-0.3, -0.25) is 19.4 Å². The van der Waals surface area contributed by atoms with Gasteiger partial charge < -0.3 is 20.1 Å². The highest BCUT2D eigenvalue weighted by Gasteiger charge is 2.27. The largest absolute Gasteiger partial charge is 0.490 e. The zero-order valence-corrected chi connectivity index (χ0v) is 18.6. The first-order valence-corrected chi connectivity index (χ1v) is 11.0. The predicted molar refractivity (Wildman–Crippen MR) is 122 cm³/mol. The van der Waals surface area contributed by atoms with E-state index in [-0.39, 0.29) is 17.9 Å². The Bertz CT molecular complexity index is 980. The van der Waals surface area contributed by atoms with Gasteiger partial charge >= 0.3 is 0 Å². The zero-order valence-electron chi connectivity index (χ0n) is 18.6. The third kappa shape index (κ3) is 5.20. The summed E-state index contributed by atoms with van der Waals surface area (Å²) >= 11 is 0. The fourth-order valence-electron chi connectivity index (χ4n) is 4.11. The molecule has 2 aromatic carbocycles. The van der Waals surface area contributed by atoms with Gasteiger partial charge in [-0.1, -0.05) is 12.1 Å². The van der Waals surface area contributed by atoms with Crippen LogP contribution in [0.2, 0.25) is 0 Å². The summed E-state index contributed by atoms with van der Waals surface area (Å²) in [7, 11) is 3.71. The van der Waals surface area contributed by atoms with E-state index in [1.165, 1.54) is 0 Å². The number of amides is 2.